The number of hydrogen-bond acceptors (Lipinski definition) is 4. The molecule has 2 aromatic heterocycles. The lowest BCUT2D eigenvalue weighted by Gasteiger charge is -2.10. The monoisotopic (exact) mass is 361 g/mol. The van der Waals surface area contributed by atoms with Crippen LogP contribution in [-0.2, 0) is 4.79 Å². The van der Waals surface area contributed by atoms with Crippen molar-refractivity contribution < 1.29 is 9.53 Å². The van der Waals surface area contributed by atoms with Crippen LogP contribution in [0.3, 0.4) is 0 Å². The second-order valence-corrected chi connectivity index (χ2v) is 6.24. The predicted molar refractivity (Wildman–Crippen MR) is 98.0 cm³/mol. The number of aromatic nitrogens is 2. The first-order valence-corrected chi connectivity index (χ1v) is 8.76. The molecule has 3 rings (SSSR count). The molecule has 0 radical (unpaired) electrons. The van der Waals surface area contributed by atoms with E-state index in [9.17, 15) is 4.79 Å². The number of ether oxygens (including phenoxy) is 1. The van der Waals surface area contributed by atoms with Crippen LogP contribution in [-0.4, -0.2) is 21.9 Å². The van der Waals surface area contributed by atoms with Crippen LogP contribution in [0.4, 0.5) is 5.69 Å². The molecule has 0 aliphatic rings. The Kier molecular flexibility index (Phi) is 5.17. The minimum absolute atomic E-state index is 0.260. The molecule has 1 N–H and O–H groups in total. The summed E-state index contributed by atoms with van der Waals surface area (Å²) in [4.78, 5) is 17.2. The first-order chi connectivity index (χ1) is 11.7. The zero-order valence-corrected chi connectivity index (χ0v) is 14.6. The van der Waals surface area contributed by atoms with Gasteiger partial charge in [0.2, 0.25) is 5.91 Å². The molecule has 0 fully saturated rings. The van der Waals surface area contributed by atoms with Gasteiger partial charge in [-0.1, -0.05) is 30.7 Å². The van der Waals surface area contributed by atoms with E-state index in [-0.39, 0.29) is 5.91 Å². The molecule has 3 aromatic rings. The number of benzene rings is 1. The van der Waals surface area contributed by atoms with E-state index in [2.05, 4.69) is 10.3 Å². The fraction of sp³-hybridized carbons (Fsp3) is 0.176. The molecule has 0 aliphatic heterocycles. The standard InChI is InChI=1S/C17H16ClN3O2S/c1-2-10-23-14-6-4-3-5-12(14)19-15(22)8-7-13-16(18)20-17-21(13)9-11-24-17/h3-9,11H,2,10H2,1H3,(H,19,22)/b8-7+. The Bertz CT molecular complexity index is 885. The summed E-state index contributed by atoms with van der Waals surface area (Å²) in [7, 11) is 0. The molecule has 24 heavy (non-hydrogen) atoms. The predicted octanol–water partition coefficient (Wildman–Crippen LogP) is 4.49. The highest BCUT2D eigenvalue weighted by molar-refractivity contribution is 7.15. The summed E-state index contributed by atoms with van der Waals surface area (Å²) >= 11 is 7.59. The van der Waals surface area contributed by atoms with Crippen molar-refractivity contribution in [2.45, 2.75) is 13.3 Å². The number of carbonyl (C=O) groups excluding carboxylic acids is 1. The summed E-state index contributed by atoms with van der Waals surface area (Å²) in [6.07, 6.45) is 5.85. The van der Waals surface area contributed by atoms with Crippen LogP contribution >= 0.6 is 22.9 Å². The lowest BCUT2D eigenvalue weighted by Crippen LogP contribution is -2.09. The van der Waals surface area contributed by atoms with Crippen LogP contribution in [0.1, 0.15) is 19.0 Å². The fourth-order valence-corrected chi connectivity index (χ4v) is 3.17. The third-order valence-corrected chi connectivity index (χ3v) is 4.29. The summed E-state index contributed by atoms with van der Waals surface area (Å²) in [5.41, 5.74) is 1.32. The number of fused-ring (bicyclic) bond motifs is 1. The van der Waals surface area contributed by atoms with Crippen LogP contribution in [0.15, 0.2) is 41.9 Å². The average Bonchev–Trinajstić information content (AvgIpc) is 3.13. The molecule has 0 saturated carbocycles. The maximum Gasteiger partial charge on any atom is 0.248 e. The van der Waals surface area contributed by atoms with Gasteiger partial charge in [-0.25, -0.2) is 4.98 Å². The summed E-state index contributed by atoms with van der Waals surface area (Å²) in [6, 6.07) is 7.36. The van der Waals surface area contributed by atoms with E-state index in [4.69, 9.17) is 16.3 Å². The largest absolute Gasteiger partial charge is 0.491 e. The number of hydrogen-bond donors (Lipinski definition) is 1. The first-order valence-electron chi connectivity index (χ1n) is 7.51. The number of para-hydroxylation sites is 2. The van der Waals surface area contributed by atoms with Crippen molar-refractivity contribution in [3.8, 4) is 5.75 Å². The highest BCUT2D eigenvalue weighted by atomic mass is 35.5. The topological polar surface area (TPSA) is 55.6 Å². The minimum Gasteiger partial charge on any atom is -0.491 e. The number of halogens is 1. The van der Waals surface area contributed by atoms with Gasteiger partial charge in [-0.05, 0) is 24.6 Å². The van der Waals surface area contributed by atoms with Gasteiger partial charge >= 0.3 is 0 Å². The van der Waals surface area contributed by atoms with Crippen molar-refractivity contribution in [2.24, 2.45) is 0 Å². The highest BCUT2D eigenvalue weighted by Gasteiger charge is 2.09. The van der Waals surface area contributed by atoms with Gasteiger partial charge in [0.25, 0.3) is 0 Å². The molecule has 0 atom stereocenters. The molecule has 0 spiro atoms. The summed E-state index contributed by atoms with van der Waals surface area (Å²) < 4.78 is 7.47. The highest BCUT2D eigenvalue weighted by Crippen LogP contribution is 2.25. The summed E-state index contributed by atoms with van der Waals surface area (Å²) in [5.74, 6) is 0.396. The second-order valence-electron chi connectivity index (χ2n) is 5.01. The van der Waals surface area contributed by atoms with E-state index < -0.39 is 0 Å². The maximum absolute atomic E-state index is 12.2. The van der Waals surface area contributed by atoms with Crippen molar-refractivity contribution in [3.63, 3.8) is 0 Å². The van der Waals surface area contributed by atoms with E-state index >= 15 is 0 Å². The van der Waals surface area contributed by atoms with E-state index in [0.717, 1.165) is 11.4 Å². The van der Waals surface area contributed by atoms with Gasteiger partial charge in [0.1, 0.15) is 5.75 Å². The van der Waals surface area contributed by atoms with Crippen LogP contribution < -0.4 is 10.1 Å². The zero-order valence-electron chi connectivity index (χ0n) is 13.0. The molecule has 0 aliphatic carbocycles. The molecule has 0 unspecified atom stereocenters. The Morgan fingerprint density at radius 1 is 1.46 bits per heavy atom. The van der Waals surface area contributed by atoms with Crippen molar-refractivity contribution in [1.82, 2.24) is 9.38 Å². The van der Waals surface area contributed by atoms with Gasteiger partial charge in [-0.3, -0.25) is 9.20 Å². The van der Waals surface area contributed by atoms with Crippen molar-refractivity contribution in [1.29, 1.82) is 0 Å². The quantitative estimate of drug-likeness (QED) is 0.658. The van der Waals surface area contributed by atoms with Gasteiger partial charge in [-0.15, -0.1) is 11.3 Å². The van der Waals surface area contributed by atoms with Crippen LogP contribution in [0.25, 0.3) is 11.0 Å². The van der Waals surface area contributed by atoms with Crippen molar-refractivity contribution >= 4 is 45.6 Å². The molecule has 7 heteroatoms. The molecule has 0 bridgehead atoms. The number of imidazole rings is 1. The van der Waals surface area contributed by atoms with E-state index in [0.29, 0.717) is 28.9 Å². The Balaban J connectivity index is 1.74. The van der Waals surface area contributed by atoms with Gasteiger partial charge in [-0.2, -0.15) is 0 Å². The Morgan fingerprint density at radius 3 is 3.12 bits per heavy atom. The Morgan fingerprint density at radius 2 is 2.29 bits per heavy atom. The van der Waals surface area contributed by atoms with Gasteiger partial charge in [0, 0.05) is 17.7 Å². The molecular weight excluding hydrogens is 346 g/mol. The summed E-state index contributed by atoms with van der Waals surface area (Å²) in [6.45, 7) is 2.63. The van der Waals surface area contributed by atoms with Gasteiger partial charge < -0.3 is 10.1 Å². The number of carbonyl (C=O) groups is 1. The number of nitrogens with zero attached hydrogens (tertiary/aromatic N) is 2. The second kappa shape index (κ2) is 7.51. The number of thiazole rings is 1. The number of rotatable bonds is 6. The van der Waals surface area contributed by atoms with E-state index in [1.165, 1.54) is 17.4 Å². The number of amides is 1. The Labute approximate surface area is 148 Å². The van der Waals surface area contributed by atoms with Crippen LogP contribution in [0.2, 0.25) is 5.15 Å². The van der Waals surface area contributed by atoms with Crippen molar-refractivity contribution in [2.75, 3.05) is 11.9 Å². The molecule has 1 amide bonds. The van der Waals surface area contributed by atoms with E-state index in [1.807, 2.05) is 41.1 Å². The minimum atomic E-state index is -0.260. The van der Waals surface area contributed by atoms with Gasteiger partial charge in [0.15, 0.2) is 10.1 Å². The molecule has 1 aromatic carbocycles. The molecule has 0 saturated heterocycles. The fourth-order valence-electron chi connectivity index (χ4n) is 2.16. The number of nitrogens with one attached hydrogen (secondary N) is 1. The lowest BCUT2D eigenvalue weighted by atomic mass is 10.3. The van der Waals surface area contributed by atoms with E-state index in [1.54, 1.807) is 12.1 Å². The normalized spacial score (nSPS) is 11.2. The SMILES string of the molecule is CCCOc1ccccc1NC(=O)/C=C/c1c(Cl)nc2sccn12. The lowest BCUT2D eigenvalue weighted by molar-refractivity contribution is -0.111. The van der Waals surface area contributed by atoms with Crippen LogP contribution in [0.5, 0.6) is 5.75 Å². The zero-order chi connectivity index (χ0) is 16.9. The summed E-state index contributed by atoms with van der Waals surface area (Å²) in [5, 5.41) is 5.11. The molecular formula is C17H16ClN3O2S. The molecule has 5 nitrogen and oxygen atoms in total. The third kappa shape index (κ3) is 3.60. The first kappa shape index (κ1) is 16.5. The molecule has 2 heterocycles. The Hall–Kier alpha value is -2.31. The van der Waals surface area contributed by atoms with Crippen molar-refractivity contribution in [3.05, 3.63) is 52.8 Å². The third-order valence-electron chi connectivity index (χ3n) is 3.25. The maximum atomic E-state index is 12.2. The van der Waals surface area contributed by atoms with Crippen LogP contribution in [0, 0.1) is 0 Å². The van der Waals surface area contributed by atoms with Gasteiger partial charge in [0.05, 0.1) is 18.0 Å². The average molecular weight is 362 g/mol. The molecule has 124 valence electrons. The smallest absolute Gasteiger partial charge is 0.248 e. The number of anilines is 1.